The van der Waals surface area contributed by atoms with E-state index in [-0.39, 0.29) is 6.10 Å². The van der Waals surface area contributed by atoms with Crippen LogP contribution in [0.4, 0.5) is 0 Å². The molecule has 0 aliphatic rings. The van der Waals surface area contributed by atoms with Gasteiger partial charge in [0.1, 0.15) is 5.15 Å². The van der Waals surface area contributed by atoms with Crippen molar-refractivity contribution in [2.45, 2.75) is 6.10 Å². The monoisotopic (exact) mass is 189 g/mol. The van der Waals surface area contributed by atoms with Gasteiger partial charge in [-0.3, -0.25) is 4.68 Å². The Morgan fingerprint density at radius 3 is 2.83 bits per heavy atom. The number of nitrogens with zero attached hydrogens (tertiary/aromatic N) is 2. The van der Waals surface area contributed by atoms with E-state index in [1.54, 1.807) is 25.0 Å². The summed E-state index contributed by atoms with van der Waals surface area (Å²) < 4.78 is 6.70. The van der Waals surface area contributed by atoms with Crippen LogP contribution >= 0.6 is 11.6 Å². The molecule has 0 aliphatic heterocycles. The summed E-state index contributed by atoms with van der Waals surface area (Å²) >= 11 is 5.93. The number of ether oxygens (including phenoxy) is 1. The zero-order valence-electron chi connectivity index (χ0n) is 7.12. The van der Waals surface area contributed by atoms with Crippen LogP contribution < -0.4 is 5.73 Å². The van der Waals surface area contributed by atoms with Crippen molar-refractivity contribution in [2.75, 3.05) is 13.7 Å². The van der Waals surface area contributed by atoms with Gasteiger partial charge in [0, 0.05) is 26.3 Å². The maximum absolute atomic E-state index is 5.93. The van der Waals surface area contributed by atoms with Gasteiger partial charge in [-0.05, 0) is 0 Å². The number of hydrogen-bond acceptors (Lipinski definition) is 3. The molecule has 2 N–H and O–H groups in total. The Morgan fingerprint density at radius 1 is 1.83 bits per heavy atom. The van der Waals surface area contributed by atoms with Crippen LogP contribution in [0, 0.1) is 0 Å². The Balaban J connectivity index is 2.93. The lowest BCUT2D eigenvalue weighted by Crippen LogP contribution is -2.14. The molecule has 1 atom stereocenters. The van der Waals surface area contributed by atoms with Gasteiger partial charge >= 0.3 is 0 Å². The minimum absolute atomic E-state index is 0.161. The van der Waals surface area contributed by atoms with Crippen LogP contribution in [0.1, 0.15) is 11.7 Å². The number of halogens is 1. The van der Waals surface area contributed by atoms with Gasteiger partial charge in [0.05, 0.1) is 12.3 Å². The van der Waals surface area contributed by atoms with Gasteiger partial charge in [-0.15, -0.1) is 0 Å². The van der Waals surface area contributed by atoms with Crippen molar-refractivity contribution in [1.82, 2.24) is 9.78 Å². The van der Waals surface area contributed by atoms with E-state index in [1.165, 1.54) is 0 Å². The molecule has 4 nitrogen and oxygen atoms in total. The first-order chi connectivity index (χ1) is 5.70. The molecule has 0 aromatic carbocycles. The highest BCUT2D eigenvalue weighted by Crippen LogP contribution is 2.23. The van der Waals surface area contributed by atoms with Crippen molar-refractivity contribution in [1.29, 1.82) is 0 Å². The lowest BCUT2D eigenvalue weighted by atomic mass is 10.2. The molecular weight excluding hydrogens is 178 g/mol. The Hall–Kier alpha value is -0.580. The number of rotatable bonds is 3. The van der Waals surface area contributed by atoms with Crippen molar-refractivity contribution in [3.05, 3.63) is 16.9 Å². The summed E-state index contributed by atoms with van der Waals surface area (Å²) in [6.07, 6.45) is 1.51. The summed E-state index contributed by atoms with van der Waals surface area (Å²) in [5.74, 6) is 0. The van der Waals surface area contributed by atoms with Gasteiger partial charge < -0.3 is 10.5 Å². The maximum Gasteiger partial charge on any atom is 0.132 e. The third kappa shape index (κ3) is 1.60. The van der Waals surface area contributed by atoms with Crippen molar-refractivity contribution in [3.63, 3.8) is 0 Å². The smallest absolute Gasteiger partial charge is 0.132 e. The third-order valence-corrected chi connectivity index (χ3v) is 2.20. The van der Waals surface area contributed by atoms with E-state index in [9.17, 15) is 0 Å². The van der Waals surface area contributed by atoms with Crippen LogP contribution in [-0.2, 0) is 11.8 Å². The van der Waals surface area contributed by atoms with Gasteiger partial charge in [0.15, 0.2) is 0 Å². The quantitative estimate of drug-likeness (QED) is 0.763. The zero-order chi connectivity index (χ0) is 9.14. The number of aromatic nitrogens is 2. The number of nitrogens with two attached hydrogens (primary N) is 1. The van der Waals surface area contributed by atoms with Crippen LogP contribution in [0.25, 0.3) is 0 Å². The summed E-state index contributed by atoms with van der Waals surface area (Å²) in [4.78, 5) is 0. The molecule has 0 saturated heterocycles. The topological polar surface area (TPSA) is 53.1 Å². The van der Waals surface area contributed by atoms with Gasteiger partial charge in [-0.1, -0.05) is 11.6 Å². The highest BCUT2D eigenvalue weighted by Gasteiger charge is 2.15. The first kappa shape index (κ1) is 9.51. The van der Waals surface area contributed by atoms with E-state index in [0.717, 1.165) is 5.56 Å². The van der Waals surface area contributed by atoms with Gasteiger partial charge in [-0.2, -0.15) is 5.10 Å². The zero-order valence-corrected chi connectivity index (χ0v) is 7.88. The molecule has 0 bridgehead atoms. The van der Waals surface area contributed by atoms with Gasteiger partial charge in [0.2, 0.25) is 0 Å². The SMILES string of the molecule is COC(CN)c1cnn(C)c1Cl. The van der Waals surface area contributed by atoms with Crippen molar-refractivity contribution >= 4 is 11.6 Å². The molecule has 0 fully saturated rings. The first-order valence-corrected chi connectivity index (χ1v) is 3.98. The normalized spacial score (nSPS) is 13.3. The number of methoxy groups -OCH3 is 1. The molecule has 12 heavy (non-hydrogen) atoms. The minimum atomic E-state index is -0.161. The lowest BCUT2D eigenvalue weighted by Gasteiger charge is -2.10. The van der Waals surface area contributed by atoms with Crippen molar-refractivity contribution in [2.24, 2.45) is 12.8 Å². The van der Waals surface area contributed by atoms with Crippen molar-refractivity contribution in [3.8, 4) is 0 Å². The van der Waals surface area contributed by atoms with Crippen molar-refractivity contribution < 1.29 is 4.74 Å². The summed E-state index contributed by atoms with van der Waals surface area (Å²) in [6, 6.07) is 0. The Labute approximate surface area is 76.3 Å². The number of aryl methyl sites for hydroxylation is 1. The lowest BCUT2D eigenvalue weighted by molar-refractivity contribution is 0.110. The summed E-state index contributed by atoms with van der Waals surface area (Å²) in [5.41, 5.74) is 6.31. The fraction of sp³-hybridized carbons (Fsp3) is 0.571. The summed E-state index contributed by atoms with van der Waals surface area (Å²) in [6.45, 7) is 0.405. The highest BCUT2D eigenvalue weighted by atomic mass is 35.5. The predicted molar refractivity (Wildman–Crippen MR) is 47.0 cm³/mol. The van der Waals surface area contributed by atoms with E-state index in [4.69, 9.17) is 22.1 Å². The molecule has 0 aliphatic carbocycles. The molecule has 1 aromatic heterocycles. The predicted octanol–water partition coefficient (Wildman–Crippen LogP) is 0.720. The standard InChI is InChI=1S/C7H12ClN3O/c1-11-7(8)5(4-10-11)6(3-9)12-2/h4,6H,3,9H2,1-2H3. The molecule has 1 rings (SSSR count). The average molecular weight is 190 g/mol. The molecule has 1 aromatic rings. The highest BCUT2D eigenvalue weighted by molar-refractivity contribution is 6.30. The van der Waals surface area contributed by atoms with Crippen LogP contribution in [0.15, 0.2) is 6.20 Å². The Bertz CT molecular complexity index is 257. The molecule has 1 heterocycles. The maximum atomic E-state index is 5.93. The van der Waals surface area contributed by atoms with Crippen LogP contribution in [0.2, 0.25) is 5.15 Å². The second-order valence-corrected chi connectivity index (χ2v) is 2.83. The van der Waals surface area contributed by atoms with E-state index < -0.39 is 0 Å². The fourth-order valence-corrected chi connectivity index (χ4v) is 1.22. The minimum Gasteiger partial charge on any atom is -0.375 e. The fourth-order valence-electron chi connectivity index (χ4n) is 1.01. The largest absolute Gasteiger partial charge is 0.375 e. The van der Waals surface area contributed by atoms with E-state index in [1.807, 2.05) is 0 Å². The molecule has 5 heteroatoms. The second-order valence-electron chi connectivity index (χ2n) is 2.47. The van der Waals surface area contributed by atoms with E-state index in [0.29, 0.717) is 11.7 Å². The molecule has 0 amide bonds. The average Bonchev–Trinajstić information content (AvgIpc) is 2.38. The molecule has 68 valence electrons. The van der Waals surface area contributed by atoms with Gasteiger partial charge in [-0.25, -0.2) is 0 Å². The van der Waals surface area contributed by atoms with Crippen LogP contribution in [0.3, 0.4) is 0 Å². The molecule has 0 radical (unpaired) electrons. The van der Waals surface area contributed by atoms with Gasteiger partial charge in [0.25, 0.3) is 0 Å². The number of hydrogen-bond donors (Lipinski definition) is 1. The van der Waals surface area contributed by atoms with Crippen LogP contribution in [-0.4, -0.2) is 23.4 Å². The van der Waals surface area contributed by atoms with E-state index >= 15 is 0 Å². The van der Waals surface area contributed by atoms with E-state index in [2.05, 4.69) is 5.10 Å². The Morgan fingerprint density at radius 2 is 2.50 bits per heavy atom. The third-order valence-electron chi connectivity index (χ3n) is 1.74. The molecule has 0 spiro atoms. The molecule has 1 unspecified atom stereocenters. The Kier molecular flexibility index (Phi) is 3.08. The molecular formula is C7H12ClN3O. The first-order valence-electron chi connectivity index (χ1n) is 3.61. The van der Waals surface area contributed by atoms with Crippen LogP contribution in [0.5, 0.6) is 0 Å². The second kappa shape index (κ2) is 3.89. The summed E-state index contributed by atoms with van der Waals surface area (Å²) in [5, 5.41) is 4.56. The summed E-state index contributed by atoms with van der Waals surface area (Å²) in [7, 11) is 3.37. The molecule has 0 saturated carbocycles.